The number of carbonyl (C=O) groups is 1. The fourth-order valence-electron chi connectivity index (χ4n) is 4.74. The average Bonchev–Trinajstić information content (AvgIpc) is 3.19. The number of aromatic nitrogens is 2. The molecule has 1 N–H and O–H groups in total. The Morgan fingerprint density at radius 1 is 1.18 bits per heavy atom. The third-order valence-corrected chi connectivity index (χ3v) is 6.11. The zero-order valence-corrected chi connectivity index (χ0v) is 13.3. The van der Waals surface area contributed by atoms with Gasteiger partial charge in [0.1, 0.15) is 0 Å². The highest BCUT2D eigenvalue weighted by Gasteiger charge is 2.49. The summed E-state index contributed by atoms with van der Waals surface area (Å²) in [6.07, 6.45) is 12.2. The van der Waals surface area contributed by atoms with E-state index in [1.54, 1.807) is 0 Å². The van der Waals surface area contributed by atoms with Crippen molar-refractivity contribution in [3.8, 4) is 0 Å². The van der Waals surface area contributed by atoms with Gasteiger partial charge >= 0.3 is 0 Å². The van der Waals surface area contributed by atoms with Crippen molar-refractivity contribution in [3.05, 3.63) is 18.0 Å². The van der Waals surface area contributed by atoms with Gasteiger partial charge in [-0.3, -0.25) is 9.89 Å². The van der Waals surface area contributed by atoms with Crippen LogP contribution in [0.15, 0.2) is 12.3 Å². The highest BCUT2D eigenvalue weighted by atomic mass is 16.2. The first-order valence-electron chi connectivity index (χ1n) is 9.11. The summed E-state index contributed by atoms with van der Waals surface area (Å²) >= 11 is 0. The lowest BCUT2D eigenvalue weighted by Gasteiger charge is -2.33. The van der Waals surface area contributed by atoms with Gasteiger partial charge < -0.3 is 4.90 Å². The molecule has 1 aromatic heterocycles. The van der Waals surface area contributed by atoms with Gasteiger partial charge in [-0.05, 0) is 37.2 Å². The van der Waals surface area contributed by atoms with E-state index in [9.17, 15) is 4.79 Å². The summed E-state index contributed by atoms with van der Waals surface area (Å²) < 4.78 is 0. The molecule has 3 atom stereocenters. The standard InChI is InChI=1S/C18H27N3O/c22-18(16-11-15(16)13-5-2-1-3-6-13)21-10-4-7-14(12-21)17-8-9-19-20-17/h8-9,13-16H,1-7,10-12H2,(H,19,20)/t14-,15-,16-/m1/s1. The Morgan fingerprint density at radius 2 is 2.05 bits per heavy atom. The number of aromatic amines is 1. The summed E-state index contributed by atoms with van der Waals surface area (Å²) in [4.78, 5) is 15.0. The molecular formula is C18H27N3O. The molecule has 3 fully saturated rings. The predicted molar refractivity (Wildman–Crippen MR) is 85.3 cm³/mol. The third kappa shape index (κ3) is 2.80. The lowest BCUT2D eigenvalue weighted by molar-refractivity contribution is -0.134. The zero-order valence-electron chi connectivity index (χ0n) is 13.3. The first-order chi connectivity index (χ1) is 10.8. The normalized spacial score (nSPS) is 32.9. The SMILES string of the molecule is O=C([C@@H]1C[C@@H]1C1CCCCC1)N1CCC[C@@H](c2ccn[nH]2)C1. The number of piperidine rings is 1. The minimum Gasteiger partial charge on any atom is -0.342 e. The number of rotatable bonds is 3. The molecule has 0 radical (unpaired) electrons. The maximum Gasteiger partial charge on any atom is 0.226 e. The van der Waals surface area contributed by atoms with Crippen molar-refractivity contribution >= 4 is 5.91 Å². The molecule has 2 aliphatic carbocycles. The third-order valence-electron chi connectivity index (χ3n) is 6.11. The molecular weight excluding hydrogens is 274 g/mol. The molecule has 0 unspecified atom stereocenters. The van der Waals surface area contributed by atoms with Gasteiger partial charge in [0, 0.05) is 36.8 Å². The number of likely N-dealkylation sites (tertiary alicyclic amines) is 1. The van der Waals surface area contributed by atoms with Crippen LogP contribution in [0.1, 0.15) is 63.0 Å². The molecule has 4 rings (SSSR count). The highest BCUT2D eigenvalue weighted by Crippen LogP contribution is 2.50. The van der Waals surface area contributed by atoms with Crippen molar-refractivity contribution in [2.45, 2.75) is 57.3 Å². The topological polar surface area (TPSA) is 49.0 Å². The molecule has 120 valence electrons. The lowest BCUT2D eigenvalue weighted by Crippen LogP contribution is -2.40. The number of nitrogens with zero attached hydrogens (tertiary/aromatic N) is 2. The van der Waals surface area contributed by atoms with Gasteiger partial charge in [-0.2, -0.15) is 5.10 Å². The van der Waals surface area contributed by atoms with Crippen LogP contribution < -0.4 is 0 Å². The minimum atomic E-state index is 0.351. The van der Waals surface area contributed by atoms with E-state index in [1.165, 1.54) is 44.2 Å². The van der Waals surface area contributed by atoms with Crippen LogP contribution in [-0.4, -0.2) is 34.1 Å². The van der Waals surface area contributed by atoms with Crippen molar-refractivity contribution in [2.75, 3.05) is 13.1 Å². The average molecular weight is 301 g/mol. The first-order valence-corrected chi connectivity index (χ1v) is 9.11. The molecule has 1 aliphatic heterocycles. The summed E-state index contributed by atoms with van der Waals surface area (Å²) in [6.45, 7) is 1.84. The monoisotopic (exact) mass is 301 g/mol. The van der Waals surface area contributed by atoms with E-state index < -0.39 is 0 Å². The summed E-state index contributed by atoms with van der Waals surface area (Å²) in [5, 5.41) is 7.14. The number of hydrogen-bond acceptors (Lipinski definition) is 2. The van der Waals surface area contributed by atoms with E-state index >= 15 is 0 Å². The molecule has 4 nitrogen and oxygen atoms in total. The van der Waals surface area contributed by atoms with Crippen molar-refractivity contribution in [3.63, 3.8) is 0 Å². The molecule has 4 heteroatoms. The van der Waals surface area contributed by atoms with Crippen LogP contribution in [0, 0.1) is 17.8 Å². The van der Waals surface area contributed by atoms with E-state index in [2.05, 4.69) is 21.2 Å². The second-order valence-electron chi connectivity index (χ2n) is 7.54. The summed E-state index contributed by atoms with van der Waals surface area (Å²) in [7, 11) is 0. The van der Waals surface area contributed by atoms with Crippen LogP contribution in [0.5, 0.6) is 0 Å². The largest absolute Gasteiger partial charge is 0.342 e. The van der Waals surface area contributed by atoms with Crippen molar-refractivity contribution in [1.29, 1.82) is 0 Å². The van der Waals surface area contributed by atoms with Crippen LogP contribution in [0.25, 0.3) is 0 Å². The molecule has 0 aromatic carbocycles. The summed E-state index contributed by atoms with van der Waals surface area (Å²) in [5.41, 5.74) is 1.19. The maximum absolute atomic E-state index is 12.8. The van der Waals surface area contributed by atoms with Crippen molar-refractivity contribution in [2.24, 2.45) is 17.8 Å². The van der Waals surface area contributed by atoms with Crippen LogP contribution >= 0.6 is 0 Å². The van der Waals surface area contributed by atoms with E-state index in [0.717, 1.165) is 31.8 Å². The Labute approximate surface area is 132 Å². The smallest absolute Gasteiger partial charge is 0.226 e. The quantitative estimate of drug-likeness (QED) is 0.931. The van der Waals surface area contributed by atoms with E-state index in [0.29, 0.717) is 23.7 Å². The zero-order chi connectivity index (χ0) is 14.9. The van der Waals surface area contributed by atoms with Crippen molar-refractivity contribution < 1.29 is 4.79 Å². The predicted octanol–water partition coefficient (Wildman–Crippen LogP) is 3.33. The Morgan fingerprint density at radius 3 is 2.82 bits per heavy atom. The number of nitrogens with one attached hydrogen (secondary N) is 1. The molecule has 1 amide bonds. The molecule has 3 aliphatic rings. The van der Waals surface area contributed by atoms with Gasteiger partial charge in [0.25, 0.3) is 0 Å². The second kappa shape index (κ2) is 6.05. The van der Waals surface area contributed by atoms with Crippen LogP contribution in [0.3, 0.4) is 0 Å². The van der Waals surface area contributed by atoms with Gasteiger partial charge in [0.05, 0.1) is 0 Å². The molecule has 0 bridgehead atoms. The highest BCUT2D eigenvalue weighted by molar-refractivity contribution is 5.82. The Bertz CT molecular complexity index is 506. The molecule has 0 spiro atoms. The fraction of sp³-hybridized carbons (Fsp3) is 0.778. The number of hydrogen-bond donors (Lipinski definition) is 1. The van der Waals surface area contributed by atoms with E-state index in [4.69, 9.17) is 0 Å². The Kier molecular flexibility index (Phi) is 3.93. The van der Waals surface area contributed by atoms with Crippen molar-refractivity contribution in [1.82, 2.24) is 15.1 Å². The second-order valence-corrected chi connectivity index (χ2v) is 7.54. The summed E-state index contributed by atoms with van der Waals surface area (Å²) in [5.74, 6) is 2.80. The van der Waals surface area contributed by atoms with Gasteiger partial charge in [0.2, 0.25) is 5.91 Å². The molecule has 2 heterocycles. The molecule has 2 saturated carbocycles. The van der Waals surface area contributed by atoms with Crippen LogP contribution in [0.2, 0.25) is 0 Å². The number of amides is 1. The molecule has 22 heavy (non-hydrogen) atoms. The van der Waals surface area contributed by atoms with E-state index in [-0.39, 0.29) is 0 Å². The van der Waals surface area contributed by atoms with Gasteiger partial charge in [-0.25, -0.2) is 0 Å². The van der Waals surface area contributed by atoms with Crippen LogP contribution in [0.4, 0.5) is 0 Å². The fourth-order valence-corrected chi connectivity index (χ4v) is 4.74. The Balaban J connectivity index is 1.35. The molecule has 1 aromatic rings. The van der Waals surface area contributed by atoms with Gasteiger partial charge in [-0.1, -0.05) is 32.1 Å². The van der Waals surface area contributed by atoms with Gasteiger partial charge in [0.15, 0.2) is 0 Å². The lowest BCUT2D eigenvalue weighted by atomic mass is 9.85. The van der Waals surface area contributed by atoms with Crippen LogP contribution in [-0.2, 0) is 4.79 Å². The maximum atomic E-state index is 12.8. The number of carbonyl (C=O) groups excluding carboxylic acids is 1. The summed E-state index contributed by atoms with van der Waals surface area (Å²) in [6, 6.07) is 2.06. The van der Waals surface area contributed by atoms with E-state index in [1.807, 2.05) is 6.20 Å². The minimum absolute atomic E-state index is 0.351. The van der Waals surface area contributed by atoms with Gasteiger partial charge in [-0.15, -0.1) is 0 Å². The Hall–Kier alpha value is -1.32. The first kappa shape index (κ1) is 14.3. The molecule has 1 saturated heterocycles. The number of H-pyrrole nitrogens is 1.